The molecule has 0 amide bonds. The van der Waals surface area contributed by atoms with Crippen LogP contribution in [0.1, 0.15) is 146 Å². The van der Waals surface area contributed by atoms with E-state index in [0.717, 1.165) is 57.8 Å². The molecule has 0 spiro atoms. The molecule has 0 heterocycles. The highest BCUT2D eigenvalue weighted by molar-refractivity contribution is 5.36. The molecule has 9 atom stereocenters. The summed E-state index contributed by atoms with van der Waals surface area (Å²) in [5.74, 6) is 0.698. The Balaban J connectivity index is 1.78. The third-order valence-electron chi connectivity index (χ3n) is 14.1. The minimum atomic E-state index is -0.407. The number of hydrogen-bond donors (Lipinski definition) is 2. The van der Waals surface area contributed by atoms with Crippen molar-refractivity contribution in [3.8, 4) is 0 Å². The first-order valence-corrected chi connectivity index (χ1v) is 17.2. The molecule has 238 valence electrons. The summed E-state index contributed by atoms with van der Waals surface area (Å²) in [4.78, 5) is 0. The fraction of sp³-hybridized carbons (Fsp3) is 0.946. The van der Waals surface area contributed by atoms with Gasteiger partial charge in [-0.1, -0.05) is 86.8 Å². The van der Waals surface area contributed by atoms with E-state index < -0.39 is 6.10 Å². The maximum Gasteiger partial charge on any atom is 0.146 e. The lowest BCUT2D eigenvalue weighted by Gasteiger charge is -2.68. The molecule has 4 aliphatic carbocycles. The van der Waals surface area contributed by atoms with E-state index >= 15 is 0 Å². The van der Waals surface area contributed by atoms with Crippen molar-refractivity contribution in [2.45, 2.75) is 164 Å². The van der Waals surface area contributed by atoms with Crippen LogP contribution in [-0.4, -0.2) is 42.4 Å². The van der Waals surface area contributed by atoms with Crippen molar-refractivity contribution in [3.05, 3.63) is 11.6 Å². The fourth-order valence-corrected chi connectivity index (χ4v) is 10.7. The lowest BCUT2D eigenvalue weighted by atomic mass is 9.37. The minimum Gasteiger partial charge on any atom is -0.393 e. The zero-order valence-corrected chi connectivity index (χ0v) is 28.6. The van der Waals surface area contributed by atoms with Crippen LogP contribution in [-0.2, 0) is 9.47 Å². The third-order valence-corrected chi connectivity index (χ3v) is 14.1. The van der Waals surface area contributed by atoms with Gasteiger partial charge in [-0.3, -0.25) is 0 Å². The summed E-state index contributed by atoms with van der Waals surface area (Å²) >= 11 is 0. The summed E-state index contributed by atoms with van der Waals surface area (Å²) in [6.45, 7) is 22.2. The minimum absolute atomic E-state index is 0.00404. The molecule has 4 heteroatoms. The van der Waals surface area contributed by atoms with Crippen LogP contribution in [0.15, 0.2) is 11.6 Å². The van der Waals surface area contributed by atoms with Crippen molar-refractivity contribution in [2.75, 3.05) is 13.9 Å². The van der Waals surface area contributed by atoms with E-state index in [1.165, 1.54) is 31.3 Å². The van der Waals surface area contributed by atoms with Gasteiger partial charge in [-0.25, -0.2) is 0 Å². The standard InChI is InChI=1S/C37H66O4/c1-11-12-13-31(41-25-40-10)34(6)21-20-32(2,3)17-14-26-27(38)24-29-35(7)18-16-30(39)33(4,5)28(35)15-19-37(29,9)36(26,8)23-22-34/h24,26-28,30-31,38-39H,11-23,25H2,1-10H3/t26?,27-,28+,30+,31?,34+,35+,36-,37-/m1/s1. The van der Waals surface area contributed by atoms with Crippen LogP contribution in [0.2, 0.25) is 0 Å². The number of rotatable bonds is 7. The highest BCUT2D eigenvalue weighted by Gasteiger charge is 2.65. The predicted molar refractivity (Wildman–Crippen MR) is 170 cm³/mol. The Labute approximate surface area is 253 Å². The Bertz CT molecular complexity index is 931. The van der Waals surface area contributed by atoms with Crippen LogP contribution in [0.4, 0.5) is 0 Å². The molecule has 0 aromatic rings. The Morgan fingerprint density at radius 2 is 1.54 bits per heavy atom. The molecule has 2 unspecified atom stereocenters. The van der Waals surface area contributed by atoms with Crippen LogP contribution in [0.5, 0.6) is 0 Å². The lowest BCUT2D eigenvalue weighted by molar-refractivity contribution is -0.155. The number of ether oxygens (including phenoxy) is 2. The van der Waals surface area contributed by atoms with Gasteiger partial charge < -0.3 is 19.7 Å². The number of allylic oxidation sites excluding steroid dienone is 1. The molecule has 3 fully saturated rings. The molecule has 0 bridgehead atoms. The van der Waals surface area contributed by atoms with Crippen molar-refractivity contribution < 1.29 is 19.7 Å². The van der Waals surface area contributed by atoms with Crippen LogP contribution in [0.3, 0.4) is 0 Å². The van der Waals surface area contributed by atoms with Gasteiger partial charge in [0, 0.05) is 7.11 Å². The molecule has 0 aromatic carbocycles. The van der Waals surface area contributed by atoms with Crippen LogP contribution < -0.4 is 0 Å². The fourth-order valence-electron chi connectivity index (χ4n) is 10.7. The first kappa shape index (κ1) is 33.5. The SMILES string of the molecule is CCCCC(OCOC)[C@@]1(C)CCC(C)(C)CCC2[C@H](O)C=C3[C@@]4(C)CC[C@H](O)C(C)(C)[C@@H]4CC[C@@]3(C)[C@]2(C)CC1. The van der Waals surface area contributed by atoms with Gasteiger partial charge in [0.15, 0.2) is 0 Å². The van der Waals surface area contributed by atoms with Gasteiger partial charge in [-0.05, 0) is 115 Å². The number of aliphatic hydroxyl groups excluding tert-OH is 2. The topological polar surface area (TPSA) is 58.9 Å². The van der Waals surface area contributed by atoms with Crippen molar-refractivity contribution >= 4 is 0 Å². The molecule has 0 saturated heterocycles. The Hall–Kier alpha value is -0.420. The lowest BCUT2D eigenvalue weighted by Crippen LogP contribution is -2.62. The van der Waals surface area contributed by atoms with Gasteiger partial charge in [-0.2, -0.15) is 0 Å². The molecular weight excluding hydrogens is 508 g/mol. The van der Waals surface area contributed by atoms with E-state index in [1.54, 1.807) is 7.11 Å². The average Bonchev–Trinajstić information content (AvgIpc) is 2.90. The van der Waals surface area contributed by atoms with Crippen LogP contribution in [0.25, 0.3) is 0 Å². The van der Waals surface area contributed by atoms with E-state index in [4.69, 9.17) is 9.47 Å². The van der Waals surface area contributed by atoms with Gasteiger partial charge in [0.2, 0.25) is 0 Å². The summed E-state index contributed by atoms with van der Waals surface area (Å²) in [6, 6.07) is 0. The van der Waals surface area contributed by atoms with E-state index in [1.807, 2.05) is 0 Å². The van der Waals surface area contributed by atoms with Crippen LogP contribution in [0, 0.1) is 44.3 Å². The first-order chi connectivity index (χ1) is 19.0. The average molecular weight is 575 g/mol. The van der Waals surface area contributed by atoms with Crippen molar-refractivity contribution in [1.29, 1.82) is 0 Å². The van der Waals surface area contributed by atoms with E-state index in [0.29, 0.717) is 12.7 Å². The molecule has 2 N–H and O–H groups in total. The molecule has 4 nitrogen and oxygen atoms in total. The zero-order chi connectivity index (χ0) is 30.5. The Morgan fingerprint density at radius 3 is 2.20 bits per heavy atom. The summed E-state index contributed by atoms with van der Waals surface area (Å²) in [5.41, 5.74) is 1.76. The molecule has 0 radical (unpaired) electrons. The number of methoxy groups -OCH3 is 1. The maximum atomic E-state index is 12.1. The van der Waals surface area contributed by atoms with Crippen LogP contribution >= 0.6 is 0 Å². The van der Waals surface area contributed by atoms with E-state index in [2.05, 4.69) is 68.4 Å². The number of fused-ring (bicyclic) bond motifs is 5. The van der Waals surface area contributed by atoms with Gasteiger partial charge in [-0.15, -0.1) is 0 Å². The quantitative estimate of drug-likeness (QED) is 0.235. The third kappa shape index (κ3) is 5.75. The molecule has 4 aliphatic rings. The summed E-state index contributed by atoms with van der Waals surface area (Å²) in [6.07, 6.45) is 16.3. The zero-order valence-electron chi connectivity index (χ0n) is 28.6. The molecule has 3 saturated carbocycles. The van der Waals surface area contributed by atoms with Crippen molar-refractivity contribution in [2.24, 2.45) is 44.3 Å². The van der Waals surface area contributed by atoms with Gasteiger partial charge in [0.1, 0.15) is 6.79 Å². The largest absolute Gasteiger partial charge is 0.393 e. The second kappa shape index (κ2) is 11.8. The van der Waals surface area contributed by atoms with E-state index in [9.17, 15) is 10.2 Å². The maximum absolute atomic E-state index is 12.1. The van der Waals surface area contributed by atoms with E-state index in [-0.39, 0.29) is 50.6 Å². The monoisotopic (exact) mass is 574 g/mol. The second-order valence-electron chi connectivity index (χ2n) is 17.4. The highest BCUT2D eigenvalue weighted by Crippen LogP contribution is 2.72. The van der Waals surface area contributed by atoms with Crippen molar-refractivity contribution in [1.82, 2.24) is 0 Å². The summed E-state index contributed by atoms with van der Waals surface area (Å²) < 4.78 is 11.9. The normalized spacial score (nSPS) is 45.0. The number of aliphatic hydroxyl groups is 2. The highest BCUT2D eigenvalue weighted by atomic mass is 16.7. The summed E-state index contributed by atoms with van der Waals surface area (Å²) in [5, 5.41) is 23.1. The predicted octanol–water partition coefficient (Wildman–Crippen LogP) is 9.08. The molecule has 0 aliphatic heterocycles. The van der Waals surface area contributed by atoms with Crippen molar-refractivity contribution in [3.63, 3.8) is 0 Å². The Kier molecular flexibility index (Phi) is 9.65. The van der Waals surface area contributed by atoms with Gasteiger partial charge >= 0.3 is 0 Å². The number of unbranched alkanes of at least 4 members (excludes halogenated alkanes) is 1. The Morgan fingerprint density at radius 1 is 0.854 bits per heavy atom. The smallest absolute Gasteiger partial charge is 0.146 e. The molecular formula is C37H66O4. The first-order valence-electron chi connectivity index (χ1n) is 17.2. The summed E-state index contributed by atoms with van der Waals surface area (Å²) in [7, 11) is 1.74. The molecule has 0 aromatic heterocycles. The second-order valence-corrected chi connectivity index (χ2v) is 17.4. The van der Waals surface area contributed by atoms with Gasteiger partial charge in [0.25, 0.3) is 0 Å². The van der Waals surface area contributed by atoms with Gasteiger partial charge in [0.05, 0.1) is 18.3 Å². The molecule has 4 rings (SSSR count). The number of hydrogen-bond acceptors (Lipinski definition) is 4. The molecule has 41 heavy (non-hydrogen) atoms.